The third kappa shape index (κ3) is 3.48. The van der Waals surface area contributed by atoms with Crippen molar-refractivity contribution in [2.75, 3.05) is 4.90 Å². The molecule has 0 unspecified atom stereocenters. The minimum atomic E-state index is -1.28. The number of hydrogen-bond acceptors (Lipinski definition) is 2. The zero-order chi connectivity index (χ0) is 21.4. The van der Waals surface area contributed by atoms with Crippen molar-refractivity contribution in [3.05, 3.63) is 108 Å². The zero-order valence-corrected chi connectivity index (χ0v) is 15.7. The summed E-state index contributed by atoms with van der Waals surface area (Å²) in [5.41, 5.74) is 1.74. The van der Waals surface area contributed by atoms with Gasteiger partial charge in [-0.1, -0.05) is 43.0 Å². The van der Waals surface area contributed by atoms with E-state index in [9.17, 15) is 23.1 Å². The molecule has 0 bridgehead atoms. The number of aliphatic carboxylic acids is 1. The van der Waals surface area contributed by atoms with E-state index in [1.54, 1.807) is 36.4 Å². The van der Waals surface area contributed by atoms with Gasteiger partial charge in [-0.05, 0) is 46.5 Å². The Bertz CT molecular complexity index is 1200. The van der Waals surface area contributed by atoms with Crippen molar-refractivity contribution < 1.29 is 23.1 Å². The first-order valence-corrected chi connectivity index (χ1v) is 9.09. The SMILES string of the molecule is C=C1C(C(=O)O)=CN(Cc2ccc(-c3cccc(F)c3)cc2)c2c(F)ccc(F)c21. The molecule has 1 aliphatic rings. The number of benzene rings is 3. The van der Waals surface area contributed by atoms with Crippen LogP contribution in [0.3, 0.4) is 0 Å². The highest BCUT2D eigenvalue weighted by atomic mass is 19.1. The molecular formula is C24H16F3NO2. The highest BCUT2D eigenvalue weighted by Crippen LogP contribution is 2.40. The van der Waals surface area contributed by atoms with Gasteiger partial charge in [0.2, 0.25) is 0 Å². The molecule has 0 aromatic heterocycles. The predicted octanol–water partition coefficient (Wildman–Crippen LogP) is 5.77. The van der Waals surface area contributed by atoms with E-state index in [1.807, 2.05) is 0 Å². The fourth-order valence-electron chi connectivity index (χ4n) is 3.52. The van der Waals surface area contributed by atoms with E-state index in [2.05, 4.69) is 6.58 Å². The predicted molar refractivity (Wildman–Crippen MR) is 109 cm³/mol. The number of carbonyl (C=O) groups is 1. The smallest absolute Gasteiger partial charge is 0.337 e. The molecule has 0 saturated heterocycles. The maximum absolute atomic E-state index is 14.6. The molecule has 3 aromatic carbocycles. The molecule has 0 fully saturated rings. The summed E-state index contributed by atoms with van der Waals surface area (Å²) in [6, 6.07) is 15.3. The summed E-state index contributed by atoms with van der Waals surface area (Å²) in [6.07, 6.45) is 1.26. The topological polar surface area (TPSA) is 40.5 Å². The van der Waals surface area contributed by atoms with Gasteiger partial charge in [0.1, 0.15) is 17.5 Å². The van der Waals surface area contributed by atoms with Crippen LogP contribution in [0.5, 0.6) is 0 Å². The Morgan fingerprint density at radius 3 is 2.30 bits per heavy atom. The molecule has 4 rings (SSSR count). The second-order valence-corrected chi connectivity index (χ2v) is 6.91. The lowest BCUT2D eigenvalue weighted by Gasteiger charge is -2.30. The summed E-state index contributed by atoms with van der Waals surface area (Å²) in [6.45, 7) is 3.75. The minimum Gasteiger partial charge on any atom is -0.478 e. The number of hydrogen-bond donors (Lipinski definition) is 1. The molecule has 150 valence electrons. The number of halogens is 3. The number of nitrogens with zero attached hydrogens (tertiary/aromatic N) is 1. The van der Waals surface area contributed by atoms with E-state index in [0.29, 0.717) is 5.56 Å². The Balaban J connectivity index is 1.71. The molecule has 0 aliphatic carbocycles. The summed E-state index contributed by atoms with van der Waals surface area (Å²) < 4.78 is 42.4. The van der Waals surface area contributed by atoms with Gasteiger partial charge in [-0.15, -0.1) is 0 Å². The number of fused-ring (bicyclic) bond motifs is 1. The first-order valence-electron chi connectivity index (χ1n) is 9.09. The van der Waals surface area contributed by atoms with Gasteiger partial charge in [0, 0.05) is 18.3 Å². The van der Waals surface area contributed by atoms with Crippen molar-refractivity contribution >= 4 is 17.2 Å². The average Bonchev–Trinajstić information content (AvgIpc) is 2.72. The summed E-state index contributed by atoms with van der Waals surface area (Å²) in [5, 5.41) is 9.46. The quantitative estimate of drug-likeness (QED) is 0.597. The van der Waals surface area contributed by atoms with Gasteiger partial charge in [-0.25, -0.2) is 18.0 Å². The summed E-state index contributed by atoms with van der Waals surface area (Å²) in [5.74, 6) is -3.04. The van der Waals surface area contributed by atoms with Crippen LogP contribution in [-0.4, -0.2) is 11.1 Å². The van der Waals surface area contributed by atoms with E-state index in [4.69, 9.17) is 0 Å². The monoisotopic (exact) mass is 407 g/mol. The highest BCUT2D eigenvalue weighted by Gasteiger charge is 2.30. The molecule has 6 heteroatoms. The van der Waals surface area contributed by atoms with E-state index >= 15 is 0 Å². The minimum absolute atomic E-state index is 0.0563. The van der Waals surface area contributed by atoms with Gasteiger partial charge in [0.25, 0.3) is 0 Å². The second kappa shape index (κ2) is 7.55. The molecule has 1 aliphatic heterocycles. The van der Waals surface area contributed by atoms with Crippen LogP contribution in [0.4, 0.5) is 18.9 Å². The van der Waals surface area contributed by atoms with Crippen molar-refractivity contribution in [3.63, 3.8) is 0 Å². The standard InChI is InChI=1S/C24H16F3NO2/c1-14-19(24(29)30)13-28(23-21(27)10-9-20(26)22(14)23)12-15-5-7-16(8-6-15)17-3-2-4-18(25)11-17/h2-11,13H,1,12H2,(H,29,30). The van der Waals surface area contributed by atoms with Crippen molar-refractivity contribution in [3.8, 4) is 11.1 Å². The van der Waals surface area contributed by atoms with Crippen LogP contribution < -0.4 is 4.90 Å². The maximum atomic E-state index is 14.6. The van der Waals surface area contributed by atoms with E-state index in [0.717, 1.165) is 23.3 Å². The maximum Gasteiger partial charge on any atom is 0.337 e. The van der Waals surface area contributed by atoms with Crippen molar-refractivity contribution in [1.82, 2.24) is 0 Å². The van der Waals surface area contributed by atoms with Crippen molar-refractivity contribution in [2.45, 2.75) is 6.54 Å². The molecule has 0 amide bonds. The first kappa shape index (κ1) is 19.5. The van der Waals surface area contributed by atoms with Crippen LogP contribution in [0, 0.1) is 17.5 Å². The van der Waals surface area contributed by atoms with Gasteiger partial charge >= 0.3 is 5.97 Å². The third-order valence-corrected chi connectivity index (χ3v) is 4.97. The summed E-state index contributed by atoms with van der Waals surface area (Å²) >= 11 is 0. The van der Waals surface area contributed by atoms with Crippen molar-refractivity contribution in [2.24, 2.45) is 0 Å². The molecule has 0 radical (unpaired) electrons. The molecule has 3 aromatic rings. The molecule has 30 heavy (non-hydrogen) atoms. The van der Waals surface area contributed by atoms with Crippen LogP contribution in [0.25, 0.3) is 16.7 Å². The lowest BCUT2D eigenvalue weighted by atomic mass is 9.93. The Kier molecular flexibility index (Phi) is 4.91. The van der Waals surface area contributed by atoms with Crippen LogP contribution in [0.2, 0.25) is 0 Å². The van der Waals surface area contributed by atoms with Gasteiger partial charge in [-0.3, -0.25) is 0 Å². The highest BCUT2D eigenvalue weighted by molar-refractivity contribution is 6.08. The lowest BCUT2D eigenvalue weighted by Crippen LogP contribution is -2.25. The van der Waals surface area contributed by atoms with Gasteiger partial charge in [0.05, 0.1) is 11.3 Å². The van der Waals surface area contributed by atoms with Crippen LogP contribution >= 0.6 is 0 Å². The molecule has 0 atom stereocenters. The fourth-order valence-corrected chi connectivity index (χ4v) is 3.52. The van der Waals surface area contributed by atoms with Gasteiger partial charge < -0.3 is 10.0 Å². The van der Waals surface area contributed by atoms with E-state index in [1.165, 1.54) is 23.2 Å². The molecule has 3 nitrogen and oxygen atoms in total. The Morgan fingerprint density at radius 2 is 1.63 bits per heavy atom. The zero-order valence-electron chi connectivity index (χ0n) is 15.7. The third-order valence-electron chi connectivity index (χ3n) is 4.97. The lowest BCUT2D eigenvalue weighted by molar-refractivity contribution is -0.132. The number of rotatable bonds is 4. The molecule has 0 spiro atoms. The van der Waals surface area contributed by atoms with Gasteiger partial charge in [-0.2, -0.15) is 0 Å². The number of carboxylic acid groups (broad SMARTS) is 1. The Labute approximate surface area is 171 Å². The van der Waals surface area contributed by atoms with Crippen LogP contribution in [0.15, 0.2) is 79.0 Å². The Hall–Kier alpha value is -3.80. The second-order valence-electron chi connectivity index (χ2n) is 6.91. The summed E-state index contributed by atoms with van der Waals surface area (Å²) in [7, 11) is 0. The number of anilines is 1. The van der Waals surface area contributed by atoms with Crippen LogP contribution in [-0.2, 0) is 11.3 Å². The molecule has 0 saturated carbocycles. The van der Waals surface area contributed by atoms with E-state index < -0.39 is 17.6 Å². The van der Waals surface area contributed by atoms with Gasteiger partial charge in [0.15, 0.2) is 0 Å². The normalized spacial score (nSPS) is 13.1. The number of carboxylic acids is 1. The van der Waals surface area contributed by atoms with E-state index in [-0.39, 0.29) is 34.8 Å². The summed E-state index contributed by atoms with van der Waals surface area (Å²) in [4.78, 5) is 13.0. The van der Waals surface area contributed by atoms with Crippen LogP contribution in [0.1, 0.15) is 11.1 Å². The molecular weight excluding hydrogens is 391 g/mol. The van der Waals surface area contributed by atoms with Crippen molar-refractivity contribution in [1.29, 1.82) is 0 Å². The molecule has 1 N–H and O–H groups in total. The largest absolute Gasteiger partial charge is 0.478 e. The molecule has 1 heterocycles. The Morgan fingerprint density at radius 1 is 0.933 bits per heavy atom. The fraction of sp³-hybridized carbons (Fsp3) is 0.0417. The first-order chi connectivity index (χ1) is 14.3. The average molecular weight is 407 g/mol.